The second-order valence-corrected chi connectivity index (χ2v) is 5.06. The second-order valence-electron chi connectivity index (χ2n) is 5.06. The van der Waals surface area contributed by atoms with Gasteiger partial charge in [0.05, 0.1) is 21.5 Å². The van der Waals surface area contributed by atoms with Crippen molar-refractivity contribution in [2.75, 3.05) is 12.4 Å². The van der Waals surface area contributed by atoms with Gasteiger partial charge in [0.15, 0.2) is 0 Å². The molecule has 3 aromatic rings. The van der Waals surface area contributed by atoms with E-state index in [-0.39, 0.29) is 5.69 Å². The third-order valence-electron chi connectivity index (χ3n) is 3.56. The number of H-pyrrole nitrogens is 1. The summed E-state index contributed by atoms with van der Waals surface area (Å²) >= 11 is 0. The molecule has 24 heavy (non-hydrogen) atoms. The highest BCUT2D eigenvalue weighted by molar-refractivity contribution is 5.90. The molecule has 3 rings (SSSR count). The van der Waals surface area contributed by atoms with Crippen molar-refractivity contribution in [1.82, 2.24) is 9.97 Å². The van der Waals surface area contributed by atoms with E-state index in [2.05, 4.69) is 21.4 Å². The van der Waals surface area contributed by atoms with E-state index in [4.69, 9.17) is 0 Å². The number of nitro groups is 1. The Morgan fingerprint density at radius 3 is 2.83 bits per heavy atom. The number of nitriles is 1. The molecule has 0 saturated heterocycles. The van der Waals surface area contributed by atoms with Gasteiger partial charge in [-0.3, -0.25) is 10.1 Å². The topological polar surface area (TPSA) is 108 Å². The average Bonchev–Trinajstić information content (AvgIpc) is 3.03. The highest BCUT2D eigenvalue weighted by atomic mass is 16.6. The molecule has 0 saturated carbocycles. The van der Waals surface area contributed by atoms with Crippen LogP contribution in [0.1, 0.15) is 11.4 Å². The summed E-state index contributed by atoms with van der Waals surface area (Å²) < 4.78 is 0. The molecule has 1 heterocycles. The molecule has 0 fully saturated rings. The Bertz CT molecular complexity index is 965. The number of fused-ring (bicyclic) bond motifs is 1. The van der Waals surface area contributed by atoms with E-state index in [0.29, 0.717) is 22.6 Å². The molecule has 0 aliphatic heterocycles. The predicted molar refractivity (Wildman–Crippen MR) is 92.2 cm³/mol. The summed E-state index contributed by atoms with van der Waals surface area (Å²) in [5.41, 5.74) is 2.80. The van der Waals surface area contributed by atoms with Gasteiger partial charge in [0.1, 0.15) is 17.6 Å². The van der Waals surface area contributed by atoms with Crippen molar-refractivity contribution in [3.05, 3.63) is 64.0 Å². The maximum absolute atomic E-state index is 11.1. The first-order chi connectivity index (χ1) is 11.6. The van der Waals surface area contributed by atoms with Crippen LogP contribution in [-0.4, -0.2) is 21.9 Å². The zero-order valence-corrected chi connectivity index (χ0v) is 12.8. The Morgan fingerprint density at radius 2 is 2.17 bits per heavy atom. The number of aromatic amines is 1. The predicted octanol–water partition coefficient (Wildman–Crippen LogP) is 3.58. The molecule has 0 spiro atoms. The minimum atomic E-state index is -0.462. The Hall–Kier alpha value is -3.66. The normalized spacial score (nSPS) is 11.2. The van der Waals surface area contributed by atoms with Crippen LogP contribution in [0.3, 0.4) is 0 Å². The molecule has 2 aromatic carbocycles. The molecule has 0 radical (unpaired) electrons. The SMILES string of the molecule is CNc1ccc(/C=C(\C#N)c2nc3ccccc3[nH]2)cc1[N+](=O)[O-]. The summed E-state index contributed by atoms with van der Waals surface area (Å²) in [6.07, 6.45) is 1.57. The monoisotopic (exact) mass is 319 g/mol. The zero-order valence-electron chi connectivity index (χ0n) is 12.8. The lowest BCUT2D eigenvalue weighted by atomic mass is 10.1. The molecule has 2 N–H and O–H groups in total. The van der Waals surface area contributed by atoms with Crippen molar-refractivity contribution in [3.63, 3.8) is 0 Å². The highest BCUT2D eigenvalue weighted by Crippen LogP contribution is 2.27. The zero-order chi connectivity index (χ0) is 17.1. The van der Waals surface area contributed by atoms with Crippen LogP contribution in [0.4, 0.5) is 11.4 Å². The molecular formula is C17H13N5O2. The highest BCUT2D eigenvalue weighted by Gasteiger charge is 2.14. The lowest BCUT2D eigenvalue weighted by Gasteiger charge is -2.03. The van der Waals surface area contributed by atoms with Gasteiger partial charge in [0, 0.05) is 13.1 Å². The number of nitrogens with one attached hydrogen (secondary N) is 2. The maximum atomic E-state index is 11.1. The van der Waals surface area contributed by atoms with Gasteiger partial charge < -0.3 is 10.3 Å². The number of allylic oxidation sites excluding steroid dienone is 1. The van der Waals surface area contributed by atoms with E-state index in [0.717, 1.165) is 11.0 Å². The Kier molecular flexibility index (Phi) is 3.95. The third kappa shape index (κ3) is 2.80. The van der Waals surface area contributed by atoms with Gasteiger partial charge in [-0.05, 0) is 29.8 Å². The van der Waals surface area contributed by atoms with Crippen molar-refractivity contribution in [1.29, 1.82) is 5.26 Å². The summed E-state index contributed by atoms with van der Waals surface area (Å²) in [6, 6.07) is 14.3. The van der Waals surface area contributed by atoms with Crippen LogP contribution in [0.25, 0.3) is 22.7 Å². The van der Waals surface area contributed by atoms with Crippen molar-refractivity contribution in [2.24, 2.45) is 0 Å². The third-order valence-corrected chi connectivity index (χ3v) is 3.56. The molecule has 0 unspecified atom stereocenters. The maximum Gasteiger partial charge on any atom is 0.292 e. The first kappa shape index (κ1) is 15.2. The Labute approximate surface area is 137 Å². The fourth-order valence-corrected chi connectivity index (χ4v) is 2.40. The summed E-state index contributed by atoms with van der Waals surface area (Å²) in [4.78, 5) is 18.1. The fourth-order valence-electron chi connectivity index (χ4n) is 2.40. The van der Waals surface area contributed by atoms with Crippen LogP contribution in [0.15, 0.2) is 42.5 Å². The number of nitrogens with zero attached hydrogens (tertiary/aromatic N) is 3. The number of hydrogen-bond donors (Lipinski definition) is 2. The molecule has 0 amide bonds. The standard InChI is InChI=1S/C17H13N5O2/c1-19-15-7-6-11(9-16(15)22(23)24)8-12(10-18)17-20-13-4-2-3-5-14(13)21-17/h2-9,19H,1H3,(H,20,21)/b12-8+. The number of imidazole rings is 1. The fraction of sp³-hybridized carbons (Fsp3) is 0.0588. The Morgan fingerprint density at radius 1 is 1.38 bits per heavy atom. The molecular weight excluding hydrogens is 306 g/mol. The number of aromatic nitrogens is 2. The molecule has 118 valence electrons. The van der Waals surface area contributed by atoms with Crippen molar-refractivity contribution in [3.8, 4) is 6.07 Å². The van der Waals surface area contributed by atoms with E-state index in [9.17, 15) is 15.4 Å². The van der Waals surface area contributed by atoms with Crippen LogP contribution in [0.5, 0.6) is 0 Å². The van der Waals surface area contributed by atoms with Gasteiger partial charge in [-0.25, -0.2) is 4.98 Å². The van der Waals surface area contributed by atoms with Gasteiger partial charge in [0.2, 0.25) is 0 Å². The number of hydrogen-bond acceptors (Lipinski definition) is 5. The largest absolute Gasteiger partial charge is 0.383 e. The van der Waals surface area contributed by atoms with E-state index in [1.54, 1.807) is 25.3 Å². The first-order valence-corrected chi connectivity index (χ1v) is 7.15. The molecule has 0 bridgehead atoms. The van der Waals surface area contributed by atoms with Gasteiger partial charge >= 0.3 is 0 Å². The number of rotatable bonds is 4. The lowest BCUT2D eigenvalue weighted by molar-refractivity contribution is -0.383. The second kappa shape index (κ2) is 6.22. The van der Waals surface area contributed by atoms with E-state index in [1.807, 2.05) is 24.3 Å². The van der Waals surface area contributed by atoms with Gasteiger partial charge in [-0.15, -0.1) is 0 Å². The van der Waals surface area contributed by atoms with E-state index >= 15 is 0 Å². The minimum absolute atomic E-state index is 0.0480. The van der Waals surface area contributed by atoms with Crippen LogP contribution in [-0.2, 0) is 0 Å². The van der Waals surface area contributed by atoms with Crippen molar-refractivity contribution < 1.29 is 4.92 Å². The molecule has 7 nitrogen and oxygen atoms in total. The molecule has 0 atom stereocenters. The van der Waals surface area contributed by atoms with Crippen LogP contribution in [0.2, 0.25) is 0 Å². The number of benzene rings is 2. The Balaban J connectivity index is 2.06. The van der Waals surface area contributed by atoms with Crippen molar-refractivity contribution in [2.45, 2.75) is 0 Å². The first-order valence-electron chi connectivity index (χ1n) is 7.15. The number of para-hydroxylation sites is 2. The number of nitro benzene ring substituents is 1. The minimum Gasteiger partial charge on any atom is -0.383 e. The average molecular weight is 319 g/mol. The molecule has 0 aliphatic rings. The molecule has 1 aromatic heterocycles. The summed E-state index contributed by atoms with van der Waals surface area (Å²) in [7, 11) is 1.62. The summed E-state index contributed by atoms with van der Waals surface area (Å²) in [6.45, 7) is 0. The van der Waals surface area contributed by atoms with Gasteiger partial charge in [-0.2, -0.15) is 5.26 Å². The van der Waals surface area contributed by atoms with Crippen LogP contribution in [0, 0.1) is 21.4 Å². The lowest BCUT2D eigenvalue weighted by Crippen LogP contribution is -1.96. The van der Waals surface area contributed by atoms with Gasteiger partial charge in [0.25, 0.3) is 5.69 Å². The molecule has 0 aliphatic carbocycles. The van der Waals surface area contributed by atoms with E-state index < -0.39 is 4.92 Å². The van der Waals surface area contributed by atoms with Crippen molar-refractivity contribution >= 4 is 34.1 Å². The molecule has 7 heteroatoms. The summed E-state index contributed by atoms with van der Waals surface area (Å²) in [5.74, 6) is 0.430. The summed E-state index contributed by atoms with van der Waals surface area (Å²) in [5, 5.41) is 23.3. The quantitative estimate of drug-likeness (QED) is 0.434. The van der Waals surface area contributed by atoms with Crippen LogP contribution >= 0.6 is 0 Å². The van der Waals surface area contributed by atoms with Gasteiger partial charge in [-0.1, -0.05) is 18.2 Å². The van der Waals surface area contributed by atoms with E-state index in [1.165, 1.54) is 6.07 Å². The number of anilines is 1. The smallest absolute Gasteiger partial charge is 0.292 e. The van der Waals surface area contributed by atoms with Crippen LogP contribution < -0.4 is 5.32 Å².